The van der Waals surface area contributed by atoms with Crippen LogP contribution < -0.4 is 0 Å². The molecule has 0 spiro atoms. The zero-order valence-corrected chi connectivity index (χ0v) is 12.0. The molecule has 0 saturated heterocycles. The van der Waals surface area contributed by atoms with Crippen LogP contribution in [-0.2, 0) is 9.53 Å². The second kappa shape index (κ2) is 5.46. The van der Waals surface area contributed by atoms with Gasteiger partial charge in [-0.1, -0.05) is 38.8 Å². The maximum absolute atomic E-state index is 11.6. The summed E-state index contributed by atoms with van der Waals surface area (Å²) in [4.78, 5) is 11.6. The Morgan fingerprint density at radius 1 is 1.44 bits per heavy atom. The van der Waals surface area contributed by atoms with E-state index in [4.69, 9.17) is 4.74 Å². The zero-order valence-electron chi connectivity index (χ0n) is 12.0. The smallest absolute Gasteiger partial charge is 0.309 e. The van der Waals surface area contributed by atoms with Gasteiger partial charge in [-0.15, -0.1) is 0 Å². The van der Waals surface area contributed by atoms with Gasteiger partial charge in [-0.2, -0.15) is 0 Å². The van der Waals surface area contributed by atoms with Crippen LogP contribution in [0.2, 0.25) is 0 Å². The molecule has 0 N–H and O–H groups in total. The molecule has 0 amide bonds. The van der Waals surface area contributed by atoms with Gasteiger partial charge in [0.2, 0.25) is 0 Å². The first-order chi connectivity index (χ1) is 8.55. The van der Waals surface area contributed by atoms with E-state index in [1.165, 1.54) is 24.8 Å². The van der Waals surface area contributed by atoms with Crippen molar-refractivity contribution in [3.05, 3.63) is 11.6 Å². The Hall–Kier alpha value is -0.790. The van der Waals surface area contributed by atoms with Gasteiger partial charge in [-0.3, -0.25) is 4.79 Å². The third kappa shape index (κ3) is 2.62. The summed E-state index contributed by atoms with van der Waals surface area (Å²) in [6, 6.07) is 0. The van der Waals surface area contributed by atoms with E-state index in [1.807, 2.05) is 0 Å². The predicted molar refractivity (Wildman–Crippen MR) is 73.2 cm³/mol. The van der Waals surface area contributed by atoms with E-state index in [1.54, 1.807) is 0 Å². The number of carbonyl (C=O) groups excluding carboxylic acids is 1. The second-order valence-corrected chi connectivity index (χ2v) is 6.37. The average Bonchev–Trinajstić information content (AvgIpc) is 2.86. The van der Waals surface area contributed by atoms with Crippen LogP contribution in [0.5, 0.6) is 0 Å². The fraction of sp³-hybridized carbons (Fsp3) is 0.812. The molecule has 102 valence electrons. The maximum Gasteiger partial charge on any atom is 0.309 e. The van der Waals surface area contributed by atoms with E-state index in [0.717, 1.165) is 24.7 Å². The summed E-state index contributed by atoms with van der Waals surface area (Å²) in [7, 11) is 0. The number of carbonyl (C=O) groups is 1. The number of allylic oxidation sites excluding steroid dienone is 1. The predicted octanol–water partition coefficient (Wildman–Crippen LogP) is 4.10. The van der Waals surface area contributed by atoms with E-state index in [-0.39, 0.29) is 5.97 Å². The quantitative estimate of drug-likeness (QED) is 0.417. The molecule has 2 saturated carbocycles. The molecule has 0 heterocycles. The van der Waals surface area contributed by atoms with E-state index in [9.17, 15) is 4.79 Å². The van der Waals surface area contributed by atoms with E-state index < -0.39 is 0 Å². The molecule has 0 radical (unpaired) electrons. The number of hydrogen-bond acceptors (Lipinski definition) is 2. The molecule has 18 heavy (non-hydrogen) atoms. The summed E-state index contributed by atoms with van der Waals surface area (Å²) >= 11 is 0. The topological polar surface area (TPSA) is 26.3 Å². The fourth-order valence-electron chi connectivity index (χ4n) is 3.69. The minimum absolute atomic E-state index is 0.0606. The normalized spacial score (nSPS) is 30.9. The zero-order chi connectivity index (χ0) is 13.2. The van der Waals surface area contributed by atoms with Gasteiger partial charge in [0.15, 0.2) is 0 Å². The summed E-state index contributed by atoms with van der Waals surface area (Å²) < 4.78 is 5.21. The molecule has 2 nitrogen and oxygen atoms in total. The SMILES string of the molecule is CCCCOC(=O)CC=C1C2CCC(C2)C1(C)C. The maximum atomic E-state index is 11.6. The number of hydrogen-bond donors (Lipinski definition) is 0. The lowest BCUT2D eigenvalue weighted by Crippen LogP contribution is -2.23. The minimum Gasteiger partial charge on any atom is -0.465 e. The standard InChI is InChI=1S/C16H26O2/c1-4-5-10-18-15(17)9-8-14-12-6-7-13(11-12)16(14,2)3/h8,12-13H,4-7,9-11H2,1-3H3. The molecule has 2 atom stereocenters. The van der Waals surface area contributed by atoms with Crippen LogP contribution in [0.15, 0.2) is 11.6 Å². The molecule has 2 aliphatic carbocycles. The van der Waals surface area contributed by atoms with Gasteiger partial charge in [0, 0.05) is 0 Å². The molecular formula is C16H26O2. The third-order valence-electron chi connectivity index (χ3n) is 4.89. The first kappa shape index (κ1) is 13.6. The average molecular weight is 250 g/mol. The number of ether oxygens (including phenoxy) is 1. The van der Waals surface area contributed by atoms with Crippen LogP contribution in [0.25, 0.3) is 0 Å². The first-order valence-electron chi connectivity index (χ1n) is 7.41. The van der Waals surface area contributed by atoms with Gasteiger partial charge in [0.1, 0.15) is 0 Å². The van der Waals surface area contributed by atoms with Crippen molar-refractivity contribution in [1.29, 1.82) is 0 Å². The first-order valence-corrected chi connectivity index (χ1v) is 7.41. The van der Waals surface area contributed by atoms with E-state index >= 15 is 0 Å². The molecule has 2 rings (SSSR count). The van der Waals surface area contributed by atoms with Crippen LogP contribution in [-0.4, -0.2) is 12.6 Å². The molecule has 0 aromatic carbocycles. The van der Waals surface area contributed by atoms with Gasteiger partial charge in [-0.05, 0) is 42.9 Å². The van der Waals surface area contributed by atoms with E-state index in [2.05, 4.69) is 26.8 Å². The molecule has 2 bridgehead atoms. The lowest BCUT2D eigenvalue weighted by molar-refractivity contribution is -0.142. The Kier molecular flexibility index (Phi) is 4.14. The monoisotopic (exact) mass is 250 g/mol. The lowest BCUT2D eigenvalue weighted by atomic mass is 9.72. The summed E-state index contributed by atoms with van der Waals surface area (Å²) in [6.07, 6.45) is 8.71. The summed E-state index contributed by atoms with van der Waals surface area (Å²) in [6.45, 7) is 7.36. The highest BCUT2D eigenvalue weighted by molar-refractivity contribution is 5.71. The third-order valence-corrected chi connectivity index (χ3v) is 4.89. The largest absolute Gasteiger partial charge is 0.465 e. The summed E-state index contributed by atoms with van der Waals surface area (Å²) in [5, 5.41) is 0. The van der Waals surface area contributed by atoms with Gasteiger partial charge < -0.3 is 4.74 Å². The van der Waals surface area contributed by atoms with Crippen molar-refractivity contribution in [2.45, 2.75) is 59.3 Å². The number of fused-ring (bicyclic) bond motifs is 2. The number of rotatable bonds is 5. The van der Waals surface area contributed by atoms with Gasteiger partial charge in [-0.25, -0.2) is 0 Å². The fourth-order valence-corrected chi connectivity index (χ4v) is 3.69. The Labute approximate surface area is 111 Å². The molecule has 0 aromatic rings. The van der Waals surface area contributed by atoms with E-state index in [0.29, 0.717) is 18.4 Å². The molecule has 2 heteroatoms. The molecule has 2 unspecified atom stereocenters. The van der Waals surface area contributed by atoms with Gasteiger partial charge in [0.25, 0.3) is 0 Å². The van der Waals surface area contributed by atoms with Crippen molar-refractivity contribution in [2.24, 2.45) is 17.3 Å². The Bertz CT molecular complexity index is 341. The molecular weight excluding hydrogens is 224 g/mol. The minimum atomic E-state index is -0.0606. The van der Waals surface area contributed by atoms with Crippen LogP contribution in [0, 0.1) is 17.3 Å². The molecule has 2 fully saturated rings. The van der Waals surface area contributed by atoms with Crippen LogP contribution >= 0.6 is 0 Å². The second-order valence-electron chi connectivity index (χ2n) is 6.37. The van der Waals surface area contributed by atoms with Crippen LogP contribution in [0.4, 0.5) is 0 Å². The highest BCUT2D eigenvalue weighted by Crippen LogP contribution is 2.58. The highest BCUT2D eigenvalue weighted by Gasteiger charge is 2.48. The molecule has 2 aliphatic rings. The van der Waals surface area contributed by atoms with Crippen molar-refractivity contribution in [1.82, 2.24) is 0 Å². The summed E-state index contributed by atoms with van der Waals surface area (Å²) in [5.74, 6) is 1.52. The van der Waals surface area contributed by atoms with Gasteiger partial charge in [0.05, 0.1) is 13.0 Å². The van der Waals surface area contributed by atoms with Crippen LogP contribution in [0.3, 0.4) is 0 Å². The Balaban J connectivity index is 1.88. The van der Waals surface area contributed by atoms with Crippen molar-refractivity contribution < 1.29 is 9.53 Å². The summed E-state index contributed by atoms with van der Waals surface area (Å²) in [5.41, 5.74) is 1.83. The van der Waals surface area contributed by atoms with Crippen LogP contribution in [0.1, 0.15) is 59.3 Å². The van der Waals surface area contributed by atoms with Gasteiger partial charge >= 0.3 is 5.97 Å². The molecule has 0 aliphatic heterocycles. The Morgan fingerprint density at radius 2 is 2.22 bits per heavy atom. The lowest BCUT2D eigenvalue weighted by Gasteiger charge is -2.32. The molecule has 0 aromatic heterocycles. The van der Waals surface area contributed by atoms with Crippen molar-refractivity contribution in [2.75, 3.05) is 6.61 Å². The number of unbranched alkanes of at least 4 members (excludes halogenated alkanes) is 1. The number of esters is 1. The van der Waals surface area contributed by atoms with Crippen molar-refractivity contribution in [3.8, 4) is 0 Å². The Morgan fingerprint density at radius 3 is 2.83 bits per heavy atom. The highest BCUT2D eigenvalue weighted by atomic mass is 16.5. The van der Waals surface area contributed by atoms with Crippen molar-refractivity contribution in [3.63, 3.8) is 0 Å². The van der Waals surface area contributed by atoms with Crippen molar-refractivity contribution >= 4 is 5.97 Å².